The predicted octanol–water partition coefficient (Wildman–Crippen LogP) is 2.17. The number of carbonyl (C=O) groups excluding carboxylic acids is 1. The lowest BCUT2D eigenvalue weighted by molar-refractivity contribution is 0.112. The van der Waals surface area contributed by atoms with Gasteiger partial charge in [-0.05, 0) is 17.7 Å². The summed E-state index contributed by atoms with van der Waals surface area (Å²) in [6, 6.07) is 3.49. The monoisotopic (exact) mass is 222 g/mol. The van der Waals surface area contributed by atoms with Crippen molar-refractivity contribution in [1.82, 2.24) is 0 Å². The third kappa shape index (κ3) is 1.99. The van der Waals surface area contributed by atoms with Gasteiger partial charge in [0.05, 0.1) is 0 Å². The van der Waals surface area contributed by atoms with Crippen LogP contribution in [0.4, 0.5) is 0 Å². The van der Waals surface area contributed by atoms with Crippen LogP contribution in [0.2, 0.25) is 0 Å². The highest BCUT2D eigenvalue weighted by Crippen LogP contribution is 2.34. The molecule has 0 spiro atoms. The highest BCUT2D eigenvalue weighted by molar-refractivity contribution is 7.80. The Morgan fingerprint density at radius 1 is 1.27 bits per heavy atom. The van der Waals surface area contributed by atoms with E-state index in [0.717, 1.165) is 11.8 Å². The zero-order valence-electron chi connectivity index (χ0n) is 7.97. The highest BCUT2D eigenvalue weighted by Gasteiger charge is 2.15. The van der Waals surface area contributed by atoms with E-state index in [9.17, 15) is 4.79 Å². The lowest BCUT2D eigenvalue weighted by Crippen LogP contribution is -1.92. The van der Waals surface area contributed by atoms with E-state index in [-0.39, 0.29) is 6.79 Å². The molecule has 0 atom stereocenters. The first-order chi connectivity index (χ1) is 7.35. The number of hydrogen-bond acceptors (Lipinski definition) is 4. The molecule has 0 aromatic heterocycles. The molecule has 4 heteroatoms. The number of carbonyl (C=O) groups is 1. The number of hydrogen-bond donors (Lipinski definition) is 1. The fourth-order valence-corrected chi connectivity index (χ4v) is 1.50. The van der Waals surface area contributed by atoms with Gasteiger partial charge >= 0.3 is 0 Å². The molecular formula is C11H10O3S. The van der Waals surface area contributed by atoms with Gasteiger partial charge in [0.2, 0.25) is 6.79 Å². The zero-order valence-corrected chi connectivity index (χ0v) is 8.87. The Labute approximate surface area is 93.1 Å². The van der Waals surface area contributed by atoms with Gasteiger partial charge in [-0.3, -0.25) is 4.79 Å². The quantitative estimate of drug-likeness (QED) is 0.629. The number of aldehydes is 1. The van der Waals surface area contributed by atoms with Crippen LogP contribution in [0.25, 0.3) is 6.08 Å². The molecular weight excluding hydrogens is 212 g/mol. The van der Waals surface area contributed by atoms with Crippen molar-refractivity contribution in [3.05, 3.63) is 29.3 Å². The summed E-state index contributed by atoms with van der Waals surface area (Å²) in [7, 11) is 0. The molecule has 0 N–H and O–H groups in total. The van der Waals surface area contributed by atoms with Crippen LogP contribution >= 0.6 is 12.6 Å². The Bertz CT molecular complexity index is 413. The van der Waals surface area contributed by atoms with Crippen molar-refractivity contribution in [2.24, 2.45) is 0 Å². The average molecular weight is 222 g/mol. The van der Waals surface area contributed by atoms with Crippen molar-refractivity contribution in [3.8, 4) is 11.5 Å². The van der Waals surface area contributed by atoms with E-state index in [0.29, 0.717) is 22.8 Å². The van der Waals surface area contributed by atoms with Crippen LogP contribution in [0.15, 0.2) is 18.2 Å². The number of rotatable bonds is 3. The van der Waals surface area contributed by atoms with Crippen LogP contribution in [-0.4, -0.2) is 18.8 Å². The van der Waals surface area contributed by atoms with Crippen LogP contribution in [0, 0.1) is 0 Å². The smallest absolute Gasteiger partial charge is 0.231 e. The van der Waals surface area contributed by atoms with Crippen LogP contribution in [0.1, 0.15) is 15.9 Å². The number of ether oxygens (including phenoxy) is 2. The van der Waals surface area contributed by atoms with Gasteiger partial charge in [-0.15, -0.1) is 0 Å². The maximum absolute atomic E-state index is 10.8. The summed E-state index contributed by atoms with van der Waals surface area (Å²) in [4.78, 5) is 10.8. The Morgan fingerprint density at radius 2 is 1.93 bits per heavy atom. The van der Waals surface area contributed by atoms with Crippen molar-refractivity contribution < 1.29 is 14.3 Å². The summed E-state index contributed by atoms with van der Waals surface area (Å²) >= 11 is 4.06. The molecule has 0 saturated carbocycles. The second-order valence-electron chi connectivity index (χ2n) is 3.04. The zero-order chi connectivity index (χ0) is 10.7. The average Bonchev–Trinajstić information content (AvgIpc) is 2.71. The van der Waals surface area contributed by atoms with E-state index < -0.39 is 0 Å². The van der Waals surface area contributed by atoms with Gasteiger partial charge in [-0.2, -0.15) is 12.6 Å². The molecule has 0 fully saturated rings. The molecule has 1 aromatic rings. The molecule has 0 amide bonds. The third-order valence-corrected chi connectivity index (χ3v) is 2.32. The van der Waals surface area contributed by atoms with Gasteiger partial charge in [0.15, 0.2) is 17.8 Å². The standard InChI is InChI=1S/C11H10O3S/c12-6-9-5-11-10(13-7-14-11)4-8(9)2-1-3-15/h1-2,4-6,15H,3,7H2. The van der Waals surface area contributed by atoms with Crippen molar-refractivity contribution in [3.63, 3.8) is 0 Å². The largest absolute Gasteiger partial charge is 0.454 e. The highest BCUT2D eigenvalue weighted by atomic mass is 32.1. The fourth-order valence-electron chi connectivity index (χ4n) is 1.40. The summed E-state index contributed by atoms with van der Waals surface area (Å²) in [6.45, 7) is 0.216. The lowest BCUT2D eigenvalue weighted by atomic mass is 10.1. The number of benzene rings is 1. The Hall–Kier alpha value is -1.42. The number of fused-ring (bicyclic) bond motifs is 1. The summed E-state index contributed by atoms with van der Waals surface area (Å²) < 4.78 is 10.4. The fraction of sp³-hybridized carbons (Fsp3) is 0.182. The minimum absolute atomic E-state index is 0.216. The van der Waals surface area contributed by atoms with E-state index in [1.54, 1.807) is 12.1 Å². The van der Waals surface area contributed by atoms with Gasteiger partial charge < -0.3 is 9.47 Å². The van der Waals surface area contributed by atoms with Crippen LogP contribution < -0.4 is 9.47 Å². The van der Waals surface area contributed by atoms with Gasteiger partial charge in [-0.25, -0.2) is 0 Å². The van der Waals surface area contributed by atoms with E-state index >= 15 is 0 Å². The molecule has 0 saturated heterocycles. The minimum Gasteiger partial charge on any atom is -0.454 e. The summed E-state index contributed by atoms with van der Waals surface area (Å²) in [6.07, 6.45) is 4.52. The van der Waals surface area contributed by atoms with Crippen LogP contribution in [-0.2, 0) is 0 Å². The second-order valence-corrected chi connectivity index (χ2v) is 3.40. The van der Waals surface area contributed by atoms with Crippen molar-refractivity contribution in [1.29, 1.82) is 0 Å². The Kier molecular flexibility index (Phi) is 2.97. The normalized spacial score (nSPS) is 13.4. The molecule has 2 rings (SSSR count). The van der Waals surface area contributed by atoms with Gasteiger partial charge in [-0.1, -0.05) is 12.2 Å². The Morgan fingerprint density at radius 3 is 2.53 bits per heavy atom. The summed E-state index contributed by atoms with van der Waals surface area (Å²) in [5.74, 6) is 1.94. The van der Waals surface area contributed by atoms with E-state index in [4.69, 9.17) is 9.47 Å². The molecule has 1 aliphatic rings. The van der Waals surface area contributed by atoms with E-state index in [2.05, 4.69) is 12.6 Å². The molecule has 15 heavy (non-hydrogen) atoms. The molecule has 1 aliphatic heterocycles. The van der Waals surface area contributed by atoms with Gasteiger partial charge in [0.1, 0.15) is 0 Å². The third-order valence-electron chi connectivity index (χ3n) is 2.11. The molecule has 0 unspecified atom stereocenters. The molecule has 1 aromatic carbocycles. The lowest BCUT2D eigenvalue weighted by Gasteiger charge is -2.01. The summed E-state index contributed by atoms with van der Waals surface area (Å²) in [5, 5.41) is 0. The number of thiol groups is 1. The van der Waals surface area contributed by atoms with Crippen molar-refractivity contribution in [2.45, 2.75) is 0 Å². The minimum atomic E-state index is 0.216. The molecule has 0 aliphatic carbocycles. The van der Waals surface area contributed by atoms with Crippen LogP contribution in [0.5, 0.6) is 11.5 Å². The van der Waals surface area contributed by atoms with E-state index in [1.165, 1.54) is 0 Å². The first-order valence-electron chi connectivity index (χ1n) is 4.51. The van der Waals surface area contributed by atoms with Crippen molar-refractivity contribution >= 4 is 25.0 Å². The van der Waals surface area contributed by atoms with Gasteiger partial charge in [0.25, 0.3) is 0 Å². The Balaban J connectivity index is 2.44. The SMILES string of the molecule is O=Cc1cc2c(cc1C=CCS)OCO2. The molecule has 1 heterocycles. The van der Waals surface area contributed by atoms with Crippen molar-refractivity contribution in [2.75, 3.05) is 12.5 Å². The molecule has 78 valence electrons. The maximum atomic E-state index is 10.8. The van der Waals surface area contributed by atoms with Gasteiger partial charge in [0, 0.05) is 11.3 Å². The first kappa shape index (κ1) is 10.1. The molecule has 3 nitrogen and oxygen atoms in total. The van der Waals surface area contributed by atoms with Crippen LogP contribution in [0.3, 0.4) is 0 Å². The topological polar surface area (TPSA) is 35.5 Å². The predicted molar refractivity (Wildman–Crippen MR) is 60.8 cm³/mol. The second kappa shape index (κ2) is 4.40. The summed E-state index contributed by atoms with van der Waals surface area (Å²) in [5.41, 5.74) is 1.42. The first-order valence-corrected chi connectivity index (χ1v) is 5.14. The van der Waals surface area contributed by atoms with E-state index in [1.807, 2.05) is 12.2 Å². The molecule has 0 bridgehead atoms. The maximum Gasteiger partial charge on any atom is 0.231 e. The molecule has 0 radical (unpaired) electrons.